The molecule has 0 radical (unpaired) electrons. The van der Waals surface area contributed by atoms with Crippen LogP contribution in [-0.4, -0.2) is 31.3 Å². The fourth-order valence-electron chi connectivity index (χ4n) is 2.02. The third kappa shape index (κ3) is 4.42. The van der Waals surface area contributed by atoms with E-state index in [1.807, 2.05) is 0 Å². The standard InChI is InChI=1S/C18H15NO7/c1-23-16-8-11(7-12(9-19)17(20)21)3-5-14(16)25-10-13-4-6-15(26-13)18(22)24-2/h3-8H,10H2,1-2H3,(H,20,21)/b12-7+. The van der Waals surface area contributed by atoms with Crippen LogP contribution in [0.1, 0.15) is 21.9 Å². The molecule has 1 aromatic heterocycles. The second-order valence-corrected chi connectivity index (χ2v) is 4.93. The predicted octanol–water partition coefficient (Wildman–Crippen LogP) is 2.65. The highest BCUT2D eigenvalue weighted by Gasteiger charge is 2.13. The summed E-state index contributed by atoms with van der Waals surface area (Å²) < 4.78 is 20.7. The number of carbonyl (C=O) groups excluding carboxylic acids is 1. The van der Waals surface area contributed by atoms with Gasteiger partial charge in [0.1, 0.15) is 24.0 Å². The molecule has 2 aromatic rings. The number of nitriles is 1. The maximum Gasteiger partial charge on any atom is 0.373 e. The van der Waals surface area contributed by atoms with Crippen LogP contribution in [0.5, 0.6) is 11.5 Å². The molecule has 0 fully saturated rings. The average molecular weight is 357 g/mol. The molecule has 1 N–H and O–H groups in total. The Bertz CT molecular complexity index is 889. The summed E-state index contributed by atoms with van der Waals surface area (Å²) in [6, 6.07) is 9.36. The first-order valence-electron chi connectivity index (χ1n) is 7.31. The Morgan fingerprint density at radius 1 is 1.23 bits per heavy atom. The maximum atomic E-state index is 11.4. The minimum atomic E-state index is -1.31. The molecule has 0 saturated carbocycles. The molecule has 0 aliphatic heterocycles. The number of aliphatic carboxylic acids is 1. The number of furan rings is 1. The van der Waals surface area contributed by atoms with Gasteiger partial charge in [-0.3, -0.25) is 0 Å². The van der Waals surface area contributed by atoms with Crippen LogP contribution in [0.2, 0.25) is 0 Å². The maximum absolute atomic E-state index is 11.4. The summed E-state index contributed by atoms with van der Waals surface area (Å²) in [6.45, 7) is 0.0428. The van der Waals surface area contributed by atoms with Crippen molar-refractivity contribution in [3.63, 3.8) is 0 Å². The van der Waals surface area contributed by atoms with Crippen LogP contribution >= 0.6 is 0 Å². The number of benzene rings is 1. The Balaban J connectivity index is 2.15. The van der Waals surface area contributed by atoms with Crippen molar-refractivity contribution in [2.24, 2.45) is 0 Å². The second kappa shape index (κ2) is 8.39. The van der Waals surface area contributed by atoms with Crippen LogP contribution in [-0.2, 0) is 16.1 Å². The van der Waals surface area contributed by atoms with Crippen molar-refractivity contribution in [3.05, 3.63) is 53.0 Å². The molecule has 0 aliphatic carbocycles. The normalized spacial score (nSPS) is 10.7. The van der Waals surface area contributed by atoms with E-state index in [-0.39, 0.29) is 12.4 Å². The molecule has 0 unspecified atom stereocenters. The quantitative estimate of drug-likeness (QED) is 0.456. The number of rotatable bonds is 7. The lowest BCUT2D eigenvalue weighted by atomic mass is 10.1. The highest BCUT2D eigenvalue weighted by Crippen LogP contribution is 2.30. The molecule has 0 amide bonds. The number of carboxylic acid groups (broad SMARTS) is 1. The van der Waals surface area contributed by atoms with Crippen LogP contribution in [0, 0.1) is 11.3 Å². The zero-order chi connectivity index (χ0) is 19.1. The van der Waals surface area contributed by atoms with Crippen LogP contribution < -0.4 is 9.47 Å². The Labute approximate surface area is 148 Å². The van der Waals surface area contributed by atoms with Crippen LogP contribution in [0.15, 0.2) is 40.3 Å². The number of carbonyl (C=O) groups is 2. The molecule has 0 atom stereocenters. The van der Waals surface area contributed by atoms with Gasteiger partial charge in [-0.25, -0.2) is 9.59 Å². The van der Waals surface area contributed by atoms with Crippen LogP contribution in [0.25, 0.3) is 6.08 Å². The fourth-order valence-corrected chi connectivity index (χ4v) is 2.02. The Kier molecular flexibility index (Phi) is 6.01. The van der Waals surface area contributed by atoms with E-state index in [2.05, 4.69) is 4.74 Å². The lowest BCUT2D eigenvalue weighted by molar-refractivity contribution is -0.132. The zero-order valence-corrected chi connectivity index (χ0v) is 14.0. The van der Waals surface area contributed by atoms with Gasteiger partial charge in [0.2, 0.25) is 5.76 Å². The molecular formula is C18H15NO7. The van der Waals surface area contributed by atoms with Gasteiger partial charge in [-0.1, -0.05) is 6.07 Å². The lowest BCUT2D eigenvalue weighted by Gasteiger charge is -2.10. The summed E-state index contributed by atoms with van der Waals surface area (Å²) >= 11 is 0. The number of methoxy groups -OCH3 is 2. The van der Waals surface area contributed by atoms with Crippen LogP contribution in [0.4, 0.5) is 0 Å². The van der Waals surface area contributed by atoms with E-state index >= 15 is 0 Å². The van der Waals surface area contributed by atoms with Gasteiger partial charge in [-0.05, 0) is 35.9 Å². The number of carboxylic acids is 1. The Morgan fingerprint density at radius 2 is 2.00 bits per heavy atom. The molecule has 8 nitrogen and oxygen atoms in total. The summed E-state index contributed by atoms with van der Waals surface area (Å²) in [5, 5.41) is 17.7. The summed E-state index contributed by atoms with van der Waals surface area (Å²) in [7, 11) is 2.68. The van der Waals surface area contributed by atoms with E-state index < -0.39 is 17.5 Å². The van der Waals surface area contributed by atoms with Crippen molar-refractivity contribution in [2.75, 3.05) is 14.2 Å². The summed E-state index contributed by atoms with van der Waals surface area (Å²) in [5.74, 6) is -0.691. The average Bonchev–Trinajstić information content (AvgIpc) is 3.12. The largest absolute Gasteiger partial charge is 0.493 e. The minimum absolute atomic E-state index is 0.0428. The molecule has 0 bridgehead atoms. The molecule has 134 valence electrons. The second-order valence-electron chi connectivity index (χ2n) is 4.93. The van der Waals surface area contributed by atoms with Gasteiger partial charge >= 0.3 is 11.9 Å². The summed E-state index contributed by atoms with van der Waals surface area (Å²) in [6.07, 6.45) is 1.23. The molecule has 26 heavy (non-hydrogen) atoms. The van der Waals surface area contributed by atoms with Gasteiger partial charge < -0.3 is 23.7 Å². The molecule has 1 heterocycles. The van der Waals surface area contributed by atoms with Gasteiger partial charge in [0.25, 0.3) is 0 Å². The molecular weight excluding hydrogens is 342 g/mol. The van der Waals surface area contributed by atoms with E-state index in [1.54, 1.807) is 24.3 Å². The number of hydrogen-bond donors (Lipinski definition) is 1. The minimum Gasteiger partial charge on any atom is -0.493 e. The topological polar surface area (TPSA) is 119 Å². The highest BCUT2D eigenvalue weighted by molar-refractivity contribution is 5.96. The first-order valence-corrected chi connectivity index (χ1v) is 7.31. The Hall–Kier alpha value is -3.73. The van der Waals surface area contributed by atoms with Crippen molar-refractivity contribution >= 4 is 18.0 Å². The first-order chi connectivity index (χ1) is 12.5. The third-order valence-corrected chi connectivity index (χ3v) is 3.27. The number of ether oxygens (including phenoxy) is 3. The van der Waals surface area contributed by atoms with Gasteiger partial charge in [-0.15, -0.1) is 0 Å². The van der Waals surface area contributed by atoms with Gasteiger partial charge in [0.05, 0.1) is 14.2 Å². The van der Waals surface area contributed by atoms with Crippen molar-refractivity contribution in [1.82, 2.24) is 0 Å². The van der Waals surface area contributed by atoms with E-state index in [0.717, 1.165) is 0 Å². The van der Waals surface area contributed by atoms with Gasteiger partial charge in [-0.2, -0.15) is 5.26 Å². The van der Waals surface area contributed by atoms with Crippen molar-refractivity contribution in [2.45, 2.75) is 6.61 Å². The molecule has 2 rings (SSSR count). The SMILES string of the molecule is COC(=O)c1ccc(COc2ccc(/C=C(\C#N)C(=O)O)cc2OC)o1. The lowest BCUT2D eigenvalue weighted by Crippen LogP contribution is -2.00. The predicted molar refractivity (Wildman–Crippen MR) is 88.6 cm³/mol. The smallest absolute Gasteiger partial charge is 0.373 e. The number of nitrogens with zero attached hydrogens (tertiary/aromatic N) is 1. The number of hydrogen-bond acceptors (Lipinski definition) is 7. The number of esters is 1. The van der Waals surface area contributed by atoms with E-state index in [1.165, 1.54) is 32.4 Å². The summed E-state index contributed by atoms with van der Waals surface area (Å²) in [5.41, 5.74) is 0.0748. The van der Waals surface area contributed by atoms with E-state index in [4.69, 9.17) is 24.3 Å². The monoisotopic (exact) mass is 357 g/mol. The third-order valence-electron chi connectivity index (χ3n) is 3.27. The van der Waals surface area contributed by atoms with Crippen molar-refractivity contribution < 1.29 is 33.3 Å². The van der Waals surface area contributed by atoms with Crippen LogP contribution in [0.3, 0.4) is 0 Å². The van der Waals surface area contributed by atoms with E-state index in [0.29, 0.717) is 22.8 Å². The molecule has 8 heteroatoms. The molecule has 0 saturated heterocycles. The van der Waals surface area contributed by atoms with Gasteiger partial charge in [0, 0.05) is 0 Å². The molecule has 1 aromatic carbocycles. The Morgan fingerprint density at radius 3 is 2.62 bits per heavy atom. The molecule has 0 spiro atoms. The fraction of sp³-hybridized carbons (Fsp3) is 0.167. The molecule has 0 aliphatic rings. The zero-order valence-electron chi connectivity index (χ0n) is 14.0. The summed E-state index contributed by atoms with van der Waals surface area (Å²) in [4.78, 5) is 22.3. The van der Waals surface area contributed by atoms with Gasteiger partial charge in [0.15, 0.2) is 11.5 Å². The van der Waals surface area contributed by atoms with E-state index in [9.17, 15) is 9.59 Å². The highest BCUT2D eigenvalue weighted by atomic mass is 16.5. The van der Waals surface area contributed by atoms with Crippen molar-refractivity contribution in [3.8, 4) is 17.6 Å². The van der Waals surface area contributed by atoms with Crippen molar-refractivity contribution in [1.29, 1.82) is 5.26 Å². The first kappa shape index (κ1) is 18.6.